The molecule has 2 amide bonds. The number of carbonyl (C=O) groups excluding carboxylic acids is 2. The molecule has 0 bridgehead atoms. The Balaban J connectivity index is 1.49. The van der Waals surface area contributed by atoms with Crippen LogP contribution in [0.2, 0.25) is 0 Å². The van der Waals surface area contributed by atoms with E-state index in [9.17, 15) is 18.0 Å². The van der Waals surface area contributed by atoms with Crippen molar-refractivity contribution in [3.63, 3.8) is 0 Å². The predicted molar refractivity (Wildman–Crippen MR) is 110 cm³/mol. The van der Waals surface area contributed by atoms with Gasteiger partial charge in [0.1, 0.15) is 4.21 Å². The molecule has 0 spiro atoms. The molecule has 2 aromatic rings. The maximum absolute atomic E-state index is 12.9. The number of amides is 2. The van der Waals surface area contributed by atoms with E-state index in [0.717, 1.165) is 24.8 Å². The van der Waals surface area contributed by atoms with Crippen molar-refractivity contribution in [2.75, 3.05) is 13.1 Å². The number of aromatic nitrogens is 1. The molecule has 10 heteroatoms. The number of hydrogen-bond donors (Lipinski definition) is 2. The van der Waals surface area contributed by atoms with Crippen LogP contribution in [0.25, 0.3) is 0 Å². The first kappa shape index (κ1) is 21.4. The average molecular weight is 437 g/mol. The highest BCUT2D eigenvalue weighted by molar-refractivity contribution is 7.91. The molecule has 29 heavy (non-hydrogen) atoms. The minimum Gasteiger partial charge on any atom is -0.348 e. The Hall–Kier alpha value is -2.30. The average Bonchev–Trinajstić information content (AvgIpc) is 3.29. The molecule has 156 valence electrons. The van der Waals surface area contributed by atoms with E-state index in [1.54, 1.807) is 42.0 Å². The summed E-state index contributed by atoms with van der Waals surface area (Å²) < 4.78 is 27.6. The van der Waals surface area contributed by atoms with Gasteiger partial charge in [-0.1, -0.05) is 18.6 Å². The van der Waals surface area contributed by atoms with Gasteiger partial charge in [-0.3, -0.25) is 14.6 Å². The van der Waals surface area contributed by atoms with Crippen LogP contribution in [0.3, 0.4) is 0 Å². The number of carbonyl (C=O) groups is 2. The van der Waals surface area contributed by atoms with Crippen molar-refractivity contribution >= 4 is 33.2 Å². The number of thiophene rings is 1. The van der Waals surface area contributed by atoms with Crippen LogP contribution in [0.4, 0.5) is 0 Å². The topological polar surface area (TPSA) is 108 Å². The summed E-state index contributed by atoms with van der Waals surface area (Å²) in [5.41, 5.74) is 0.797. The molecule has 1 saturated heterocycles. The SMILES string of the molecule is O=C(NCCC1CCCCN1S(=O)(=O)c1cccs1)C(=O)NCc1cccnc1. The third kappa shape index (κ3) is 5.62. The van der Waals surface area contributed by atoms with Crippen molar-refractivity contribution in [3.05, 3.63) is 47.6 Å². The minimum atomic E-state index is -3.52. The van der Waals surface area contributed by atoms with Crippen LogP contribution in [-0.2, 0) is 26.2 Å². The van der Waals surface area contributed by atoms with Crippen LogP contribution in [0.5, 0.6) is 0 Å². The molecule has 0 saturated carbocycles. The monoisotopic (exact) mass is 436 g/mol. The van der Waals surface area contributed by atoms with Gasteiger partial charge in [-0.25, -0.2) is 8.42 Å². The number of piperidine rings is 1. The zero-order valence-corrected chi connectivity index (χ0v) is 17.5. The van der Waals surface area contributed by atoms with Gasteiger partial charge in [0.25, 0.3) is 10.0 Å². The quantitative estimate of drug-likeness (QED) is 0.640. The maximum atomic E-state index is 12.9. The van der Waals surface area contributed by atoms with Gasteiger partial charge in [-0.05, 0) is 42.3 Å². The zero-order valence-electron chi connectivity index (χ0n) is 15.9. The summed E-state index contributed by atoms with van der Waals surface area (Å²) in [5.74, 6) is -1.45. The largest absolute Gasteiger partial charge is 0.348 e. The highest BCUT2D eigenvalue weighted by Gasteiger charge is 2.33. The van der Waals surface area contributed by atoms with Crippen molar-refractivity contribution in [1.82, 2.24) is 19.9 Å². The van der Waals surface area contributed by atoms with Crippen molar-refractivity contribution in [2.45, 2.75) is 42.5 Å². The second kappa shape index (κ2) is 9.95. The Kier molecular flexibility index (Phi) is 7.34. The summed E-state index contributed by atoms with van der Waals surface area (Å²) in [7, 11) is -3.52. The standard InChI is InChI=1S/C19H24N4O4S2/c24-18(19(25)22-14-15-5-3-9-20-13-15)21-10-8-16-6-1-2-11-23(16)29(26,27)17-7-4-12-28-17/h3-5,7,9,12-13,16H,1-2,6,8,10-11,14H2,(H,21,24)(H,22,25). The van der Waals surface area contributed by atoms with Crippen LogP contribution >= 0.6 is 11.3 Å². The van der Waals surface area contributed by atoms with E-state index in [2.05, 4.69) is 15.6 Å². The highest BCUT2D eigenvalue weighted by atomic mass is 32.2. The molecule has 1 fully saturated rings. The molecule has 1 aliphatic rings. The molecule has 0 aromatic carbocycles. The second-order valence-corrected chi connectivity index (χ2v) is 9.85. The van der Waals surface area contributed by atoms with Gasteiger partial charge in [0.2, 0.25) is 0 Å². The summed E-state index contributed by atoms with van der Waals surface area (Å²) in [5, 5.41) is 6.88. The van der Waals surface area contributed by atoms with E-state index in [0.29, 0.717) is 17.2 Å². The van der Waals surface area contributed by atoms with Crippen LogP contribution in [0.15, 0.2) is 46.2 Å². The smallest absolute Gasteiger partial charge is 0.309 e. The summed E-state index contributed by atoms with van der Waals surface area (Å²) in [4.78, 5) is 27.9. The van der Waals surface area contributed by atoms with Gasteiger partial charge < -0.3 is 10.6 Å². The second-order valence-electron chi connectivity index (χ2n) is 6.79. The van der Waals surface area contributed by atoms with E-state index in [-0.39, 0.29) is 19.1 Å². The molecule has 1 unspecified atom stereocenters. The third-order valence-corrected chi connectivity index (χ3v) is 8.10. The minimum absolute atomic E-state index is 0.186. The van der Waals surface area contributed by atoms with Crippen molar-refractivity contribution in [1.29, 1.82) is 0 Å². The first-order valence-electron chi connectivity index (χ1n) is 9.49. The van der Waals surface area contributed by atoms with Gasteiger partial charge in [0.15, 0.2) is 0 Å². The first-order valence-corrected chi connectivity index (χ1v) is 11.8. The van der Waals surface area contributed by atoms with E-state index in [1.165, 1.54) is 15.6 Å². The lowest BCUT2D eigenvalue weighted by Crippen LogP contribution is -2.46. The summed E-state index contributed by atoms with van der Waals surface area (Å²) in [6.07, 6.45) is 6.22. The van der Waals surface area contributed by atoms with Gasteiger partial charge in [0.05, 0.1) is 0 Å². The number of nitrogens with one attached hydrogen (secondary N) is 2. The predicted octanol–water partition coefficient (Wildman–Crippen LogP) is 1.51. The van der Waals surface area contributed by atoms with Crippen molar-refractivity contribution in [2.24, 2.45) is 0 Å². The Morgan fingerprint density at radius 2 is 2.00 bits per heavy atom. The molecule has 2 aromatic heterocycles. The van der Waals surface area contributed by atoms with Gasteiger partial charge in [-0.2, -0.15) is 4.31 Å². The first-order chi connectivity index (χ1) is 14.0. The summed E-state index contributed by atoms with van der Waals surface area (Å²) >= 11 is 1.21. The number of sulfonamides is 1. The third-order valence-electron chi connectivity index (χ3n) is 4.78. The number of rotatable bonds is 7. The Labute approximate surface area is 174 Å². The summed E-state index contributed by atoms with van der Waals surface area (Å²) in [6.45, 7) is 0.931. The van der Waals surface area contributed by atoms with Gasteiger partial charge in [0, 0.05) is 38.1 Å². The Morgan fingerprint density at radius 1 is 1.17 bits per heavy atom. The molecular formula is C19H24N4O4S2. The lowest BCUT2D eigenvalue weighted by atomic mass is 10.0. The van der Waals surface area contributed by atoms with Crippen molar-refractivity contribution in [3.8, 4) is 0 Å². The van der Waals surface area contributed by atoms with E-state index < -0.39 is 21.8 Å². The van der Waals surface area contributed by atoms with Crippen LogP contribution in [0, 0.1) is 0 Å². The van der Waals surface area contributed by atoms with E-state index in [4.69, 9.17) is 0 Å². The van der Waals surface area contributed by atoms with Gasteiger partial charge in [-0.15, -0.1) is 11.3 Å². The molecule has 0 radical (unpaired) electrons. The van der Waals surface area contributed by atoms with Crippen LogP contribution in [-0.4, -0.2) is 48.7 Å². The van der Waals surface area contributed by atoms with Crippen LogP contribution < -0.4 is 10.6 Å². The molecule has 3 rings (SSSR count). The van der Waals surface area contributed by atoms with Gasteiger partial charge >= 0.3 is 11.8 Å². The lowest BCUT2D eigenvalue weighted by molar-refractivity contribution is -0.139. The fraction of sp³-hybridized carbons (Fsp3) is 0.421. The molecule has 8 nitrogen and oxygen atoms in total. The molecular weight excluding hydrogens is 412 g/mol. The molecule has 1 atom stereocenters. The maximum Gasteiger partial charge on any atom is 0.309 e. The number of pyridine rings is 1. The molecule has 0 aliphatic carbocycles. The van der Waals surface area contributed by atoms with E-state index in [1.807, 2.05) is 0 Å². The highest BCUT2D eigenvalue weighted by Crippen LogP contribution is 2.28. The Morgan fingerprint density at radius 3 is 2.72 bits per heavy atom. The molecule has 1 aliphatic heterocycles. The number of nitrogens with zero attached hydrogens (tertiary/aromatic N) is 2. The zero-order chi connectivity index (χ0) is 20.7. The normalized spacial score (nSPS) is 17.6. The molecule has 2 N–H and O–H groups in total. The number of hydrogen-bond acceptors (Lipinski definition) is 6. The fourth-order valence-corrected chi connectivity index (χ4v) is 6.15. The fourth-order valence-electron chi connectivity index (χ4n) is 3.30. The summed E-state index contributed by atoms with van der Waals surface area (Å²) in [6, 6.07) is 6.70. The van der Waals surface area contributed by atoms with Crippen LogP contribution in [0.1, 0.15) is 31.2 Å². The molecule has 3 heterocycles. The lowest BCUT2D eigenvalue weighted by Gasteiger charge is -2.34. The Bertz CT molecular complexity index is 917. The van der Waals surface area contributed by atoms with E-state index >= 15 is 0 Å². The van der Waals surface area contributed by atoms with Crippen molar-refractivity contribution < 1.29 is 18.0 Å².